The number of fused-ring (bicyclic) bond motifs is 8. The molecule has 1 aromatic heterocycles. The van der Waals surface area contributed by atoms with Gasteiger partial charge in [0.25, 0.3) is 0 Å². The Labute approximate surface area is 312 Å². The number of para-hydroxylation sites is 1. The Morgan fingerprint density at radius 1 is 0.396 bits per heavy atom. The van der Waals surface area contributed by atoms with Gasteiger partial charge in [-0.15, -0.1) is 0 Å². The first-order valence-corrected chi connectivity index (χ1v) is 18.5. The summed E-state index contributed by atoms with van der Waals surface area (Å²) >= 11 is 0. The second-order valence-electron chi connectivity index (χ2n) is 14.9. The molecule has 0 N–H and O–H groups in total. The van der Waals surface area contributed by atoms with E-state index in [1.165, 1.54) is 61.3 Å². The molecule has 0 atom stereocenters. The maximum atomic E-state index is 5.10. The Morgan fingerprint density at radius 3 is 1.51 bits per heavy atom. The molecule has 7 aromatic carbocycles. The first-order valence-electron chi connectivity index (χ1n) is 18.5. The maximum absolute atomic E-state index is 5.10. The molecule has 0 aliphatic carbocycles. The number of aromatic nitrogens is 1. The molecule has 53 heavy (non-hydrogen) atoms. The highest BCUT2D eigenvalue weighted by Crippen LogP contribution is 2.52. The Hall–Kier alpha value is -6.45. The highest BCUT2D eigenvalue weighted by Gasteiger charge is 2.52. The summed E-state index contributed by atoms with van der Waals surface area (Å²) in [5.74, 6) is 0. The molecule has 10 rings (SSSR count). The first-order chi connectivity index (χ1) is 26.0. The number of pyridine rings is 1. The normalized spacial score (nSPS) is 13.5. The van der Waals surface area contributed by atoms with Gasteiger partial charge in [-0.1, -0.05) is 159 Å². The third-order valence-electron chi connectivity index (χ3n) is 11.3. The zero-order valence-corrected chi connectivity index (χ0v) is 29.9. The summed E-state index contributed by atoms with van der Waals surface area (Å²) in [5, 5.41) is -0.0946. The van der Waals surface area contributed by atoms with Gasteiger partial charge in [0.1, 0.15) is 0 Å². The molecule has 0 bridgehead atoms. The van der Waals surface area contributed by atoms with Gasteiger partial charge < -0.3 is 4.81 Å². The monoisotopic (exact) mass is 676 g/mol. The van der Waals surface area contributed by atoms with E-state index in [9.17, 15) is 0 Å². The van der Waals surface area contributed by atoms with E-state index in [2.05, 4.69) is 207 Å². The van der Waals surface area contributed by atoms with E-state index in [1.807, 2.05) is 0 Å². The molecule has 0 fully saturated rings. The van der Waals surface area contributed by atoms with Crippen LogP contribution < -0.4 is 10.3 Å². The minimum Gasteiger partial charge on any atom is -0.380 e. The third-order valence-corrected chi connectivity index (χ3v) is 11.3. The van der Waals surface area contributed by atoms with Gasteiger partial charge in [0.2, 0.25) is 0 Å². The van der Waals surface area contributed by atoms with Crippen molar-refractivity contribution in [2.24, 2.45) is 0 Å². The maximum Gasteiger partial charge on any atom is 0.304 e. The van der Waals surface area contributed by atoms with Crippen LogP contribution in [0.4, 0.5) is 11.4 Å². The second kappa shape index (κ2) is 12.4. The lowest BCUT2D eigenvalue weighted by Crippen LogP contribution is -2.55. The summed E-state index contributed by atoms with van der Waals surface area (Å²) in [6.45, 7) is 5.06. The minimum atomic E-state index is -0.0946. The second-order valence-corrected chi connectivity index (χ2v) is 14.9. The van der Waals surface area contributed by atoms with E-state index in [-0.39, 0.29) is 12.2 Å². The number of nitrogens with zero attached hydrogens (tertiary/aromatic N) is 2. The van der Waals surface area contributed by atoms with Gasteiger partial charge in [0.15, 0.2) is 0 Å². The molecule has 2 nitrogen and oxygen atoms in total. The zero-order valence-electron chi connectivity index (χ0n) is 29.9. The lowest BCUT2D eigenvalue weighted by molar-refractivity contribution is 0.759. The number of hydrogen-bond acceptors (Lipinski definition) is 2. The van der Waals surface area contributed by atoms with Crippen LogP contribution in [0.1, 0.15) is 19.4 Å². The van der Waals surface area contributed by atoms with Crippen LogP contribution >= 0.6 is 0 Å². The van der Waals surface area contributed by atoms with Crippen LogP contribution in [0, 0.1) is 0 Å². The number of benzene rings is 7. The molecule has 0 amide bonds. The molecule has 0 unspecified atom stereocenters. The fraction of sp³-hybridized carbons (Fsp3) is 0.0600. The van der Waals surface area contributed by atoms with Crippen molar-refractivity contribution < 1.29 is 0 Å². The Balaban J connectivity index is 1.03. The van der Waals surface area contributed by atoms with Crippen LogP contribution in [-0.4, -0.2) is 11.8 Å². The van der Waals surface area contributed by atoms with Crippen LogP contribution in [0.2, 0.25) is 0 Å². The van der Waals surface area contributed by atoms with Gasteiger partial charge in [-0.2, -0.15) is 0 Å². The van der Waals surface area contributed by atoms with Gasteiger partial charge in [0, 0.05) is 28.1 Å². The van der Waals surface area contributed by atoms with E-state index in [0.29, 0.717) is 0 Å². The van der Waals surface area contributed by atoms with Crippen molar-refractivity contribution in [1.82, 2.24) is 4.98 Å². The molecule has 2 aliphatic heterocycles. The molecule has 0 saturated heterocycles. The minimum absolute atomic E-state index is 0.0946. The number of hydrogen-bond donors (Lipinski definition) is 0. The zero-order chi connectivity index (χ0) is 35.5. The topological polar surface area (TPSA) is 16.1 Å². The van der Waals surface area contributed by atoms with E-state index >= 15 is 0 Å². The fourth-order valence-electron chi connectivity index (χ4n) is 8.71. The smallest absolute Gasteiger partial charge is 0.304 e. The Morgan fingerprint density at radius 2 is 0.887 bits per heavy atom. The lowest BCUT2D eigenvalue weighted by atomic mass is 9.37. The molecular weight excluding hydrogens is 639 g/mol. The van der Waals surface area contributed by atoms with Gasteiger partial charge in [-0.25, -0.2) is 4.98 Å². The standard InChI is InChI=1S/C50H37BN2/c1-50(2)44-31-40(27-28-49(44)53-48-26-12-10-24-43(48)42-23-9-11-25-45(42)51(50)53)38-21-13-19-36(29-38)37-20-14-22-39(30-37)41-32-46(34-15-5-3-6-16-34)52-47(33-41)35-17-7-4-8-18-35/h3-33H,1-2H3. The molecule has 8 aromatic rings. The molecule has 0 saturated carbocycles. The predicted molar refractivity (Wildman–Crippen MR) is 224 cm³/mol. The average molecular weight is 677 g/mol. The van der Waals surface area contributed by atoms with Crippen LogP contribution in [0.15, 0.2) is 188 Å². The van der Waals surface area contributed by atoms with Crippen LogP contribution in [0.5, 0.6) is 0 Å². The summed E-state index contributed by atoms with van der Waals surface area (Å²) in [7, 11) is 0. The van der Waals surface area contributed by atoms with Crippen molar-refractivity contribution in [2.75, 3.05) is 4.81 Å². The van der Waals surface area contributed by atoms with Gasteiger partial charge >= 0.3 is 6.85 Å². The van der Waals surface area contributed by atoms with E-state index in [0.717, 1.165) is 28.1 Å². The van der Waals surface area contributed by atoms with Crippen molar-refractivity contribution in [3.63, 3.8) is 0 Å². The van der Waals surface area contributed by atoms with Gasteiger partial charge in [-0.05, 0) is 97.7 Å². The summed E-state index contributed by atoms with van der Waals surface area (Å²) < 4.78 is 0. The Bertz CT molecular complexity index is 2600. The van der Waals surface area contributed by atoms with E-state index in [1.54, 1.807) is 0 Å². The number of rotatable bonds is 5. The molecule has 2 aliphatic rings. The van der Waals surface area contributed by atoms with E-state index < -0.39 is 0 Å². The highest BCUT2D eigenvalue weighted by molar-refractivity contribution is 6.84. The molecular formula is C50H37BN2. The average Bonchev–Trinajstić information content (AvgIpc) is 3.47. The SMILES string of the molecule is CC1(C)B2c3ccccc3-c3ccccc3N2c2ccc(-c3cccc(-c4cccc(-c5cc(-c6ccccc6)nc(-c6ccccc6)c5)c4)c3)cc21. The van der Waals surface area contributed by atoms with Crippen LogP contribution in [-0.2, 0) is 5.31 Å². The van der Waals surface area contributed by atoms with Crippen molar-refractivity contribution >= 4 is 23.7 Å². The summed E-state index contributed by atoms with van der Waals surface area (Å²) in [6.07, 6.45) is 0. The third kappa shape index (κ3) is 5.23. The molecule has 3 heteroatoms. The summed E-state index contributed by atoms with van der Waals surface area (Å²) in [6, 6.07) is 68.2. The van der Waals surface area contributed by atoms with Crippen molar-refractivity contribution in [3.8, 4) is 67.0 Å². The van der Waals surface area contributed by atoms with Crippen molar-refractivity contribution in [3.05, 3.63) is 194 Å². The number of anilines is 2. The van der Waals surface area contributed by atoms with Crippen molar-refractivity contribution in [2.45, 2.75) is 19.2 Å². The Kier molecular flexibility index (Phi) is 7.30. The fourth-order valence-corrected chi connectivity index (χ4v) is 8.71. The van der Waals surface area contributed by atoms with Crippen LogP contribution in [0.3, 0.4) is 0 Å². The van der Waals surface area contributed by atoms with Crippen molar-refractivity contribution in [1.29, 1.82) is 0 Å². The predicted octanol–water partition coefficient (Wildman–Crippen LogP) is 12.3. The largest absolute Gasteiger partial charge is 0.380 e. The molecule has 0 radical (unpaired) electrons. The molecule has 250 valence electrons. The molecule has 0 spiro atoms. The van der Waals surface area contributed by atoms with Gasteiger partial charge in [-0.3, -0.25) is 0 Å². The first kappa shape index (κ1) is 31.3. The summed E-state index contributed by atoms with van der Waals surface area (Å²) in [4.78, 5) is 7.69. The lowest BCUT2D eigenvalue weighted by Gasteiger charge is -2.38. The quantitative estimate of drug-likeness (QED) is 0.169. The van der Waals surface area contributed by atoms with Crippen LogP contribution in [0.25, 0.3) is 67.0 Å². The van der Waals surface area contributed by atoms with Gasteiger partial charge in [0.05, 0.1) is 11.4 Å². The molecule has 3 heterocycles. The van der Waals surface area contributed by atoms with E-state index in [4.69, 9.17) is 4.98 Å². The highest BCUT2D eigenvalue weighted by atomic mass is 15.1. The summed E-state index contributed by atoms with van der Waals surface area (Å²) in [5.41, 5.74) is 19.4.